The first kappa shape index (κ1) is 13.4. The average molecular weight is 269 g/mol. The Morgan fingerprint density at radius 1 is 1.42 bits per heavy atom. The van der Waals surface area contributed by atoms with E-state index in [4.69, 9.17) is 0 Å². The lowest BCUT2D eigenvalue weighted by Crippen LogP contribution is -2.07. The molecule has 0 bridgehead atoms. The number of nitrogens with zero attached hydrogens (tertiary/aromatic N) is 2. The fourth-order valence-corrected chi connectivity index (χ4v) is 2.32. The van der Waals surface area contributed by atoms with Crippen LogP contribution in [0.3, 0.4) is 0 Å². The largest absolute Gasteiger partial charge is 0.368 e. The van der Waals surface area contributed by atoms with Gasteiger partial charge in [-0.25, -0.2) is 4.98 Å². The zero-order chi connectivity index (χ0) is 13.5. The van der Waals surface area contributed by atoms with Gasteiger partial charge in [-0.3, -0.25) is 0 Å². The molecule has 0 unspecified atom stereocenters. The highest BCUT2D eigenvalue weighted by molar-refractivity contribution is 7.99. The average Bonchev–Trinajstić information content (AvgIpc) is 2.46. The molecule has 0 atom stereocenters. The molecular formula is C15H15N3S. The summed E-state index contributed by atoms with van der Waals surface area (Å²) in [6, 6.07) is 11.9. The predicted molar refractivity (Wildman–Crippen MR) is 82.5 cm³/mol. The van der Waals surface area contributed by atoms with Crippen LogP contribution in [0.5, 0.6) is 0 Å². The van der Waals surface area contributed by atoms with Crippen LogP contribution in [0.1, 0.15) is 5.56 Å². The highest BCUT2D eigenvalue weighted by atomic mass is 32.2. The summed E-state index contributed by atoms with van der Waals surface area (Å²) in [6.07, 6.45) is 1.89. The summed E-state index contributed by atoms with van der Waals surface area (Å²) in [4.78, 5) is 4.50. The van der Waals surface area contributed by atoms with E-state index < -0.39 is 0 Å². The molecule has 1 heterocycles. The summed E-state index contributed by atoms with van der Waals surface area (Å²) in [5.74, 6) is 2.57. The molecule has 1 aromatic carbocycles. The van der Waals surface area contributed by atoms with Crippen LogP contribution in [-0.2, 0) is 0 Å². The maximum absolute atomic E-state index is 9.17. The first-order valence-electron chi connectivity index (χ1n) is 6.07. The van der Waals surface area contributed by atoms with Crippen molar-refractivity contribution in [1.82, 2.24) is 4.98 Å². The number of benzene rings is 1. The SMILES string of the molecule is C=CCSCCNc1nc2ccccc2cc1C#N. The van der Waals surface area contributed by atoms with E-state index in [1.165, 1.54) is 0 Å². The molecule has 0 aliphatic heterocycles. The Balaban J connectivity index is 2.12. The Morgan fingerprint density at radius 2 is 2.26 bits per heavy atom. The number of hydrogen-bond acceptors (Lipinski definition) is 4. The van der Waals surface area contributed by atoms with Crippen LogP contribution in [0.4, 0.5) is 5.82 Å². The molecule has 0 fully saturated rings. The van der Waals surface area contributed by atoms with Crippen LogP contribution in [0, 0.1) is 11.3 Å². The number of nitriles is 1. The molecule has 0 radical (unpaired) electrons. The van der Waals surface area contributed by atoms with Crippen LogP contribution >= 0.6 is 11.8 Å². The van der Waals surface area contributed by atoms with Crippen LogP contribution in [0.2, 0.25) is 0 Å². The van der Waals surface area contributed by atoms with Gasteiger partial charge in [-0.1, -0.05) is 24.3 Å². The van der Waals surface area contributed by atoms with Crippen molar-refractivity contribution in [3.63, 3.8) is 0 Å². The zero-order valence-corrected chi connectivity index (χ0v) is 11.4. The Labute approximate surface area is 117 Å². The van der Waals surface area contributed by atoms with Gasteiger partial charge in [0.1, 0.15) is 11.9 Å². The predicted octanol–water partition coefficient (Wildman–Crippen LogP) is 3.44. The summed E-state index contributed by atoms with van der Waals surface area (Å²) in [5, 5.41) is 13.4. The van der Waals surface area contributed by atoms with Crippen molar-refractivity contribution in [2.45, 2.75) is 0 Å². The molecule has 19 heavy (non-hydrogen) atoms. The van der Waals surface area contributed by atoms with Crippen molar-refractivity contribution in [1.29, 1.82) is 5.26 Å². The number of fused-ring (bicyclic) bond motifs is 1. The molecule has 0 saturated carbocycles. The van der Waals surface area contributed by atoms with Gasteiger partial charge in [0, 0.05) is 23.4 Å². The third-order valence-corrected chi connectivity index (χ3v) is 3.58. The number of rotatable bonds is 6. The van der Waals surface area contributed by atoms with Crippen molar-refractivity contribution in [3.05, 3.63) is 48.6 Å². The molecule has 3 nitrogen and oxygen atoms in total. The van der Waals surface area contributed by atoms with Crippen molar-refractivity contribution in [3.8, 4) is 6.07 Å². The molecule has 2 rings (SSSR count). The van der Waals surface area contributed by atoms with Gasteiger partial charge in [0.05, 0.1) is 11.1 Å². The normalized spacial score (nSPS) is 10.1. The fraction of sp³-hybridized carbons (Fsp3) is 0.200. The lowest BCUT2D eigenvalue weighted by atomic mass is 10.1. The van der Waals surface area contributed by atoms with Crippen molar-refractivity contribution >= 4 is 28.5 Å². The van der Waals surface area contributed by atoms with E-state index in [2.05, 4.69) is 22.9 Å². The third kappa shape index (κ3) is 3.49. The summed E-state index contributed by atoms with van der Waals surface area (Å²) < 4.78 is 0. The molecule has 96 valence electrons. The van der Waals surface area contributed by atoms with E-state index >= 15 is 0 Å². The molecule has 0 amide bonds. The number of nitrogens with one attached hydrogen (secondary N) is 1. The van der Waals surface area contributed by atoms with Gasteiger partial charge in [-0.15, -0.1) is 6.58 Å². The van der Waals surface area contributed by atoms with Gasteiger partial charge in [0.15, 0.2) is 0 Å². The summed E-state index contributed by atoms with van der Waals surface area (Å²) in [7, 11) is 0. The molecule has 1 aromatic heterocycles. The Kier molecular flexibility index (Phi) is 4.82. The van der Waals surface area contributed by atoms with Gasteiger partial charge in [-0.2, -0.15) is 17.0 Å². The smallest absolute Gasteiger partial charge is 0.144 e. The van der Waals surface area contributed by atoms with E-state index in [1.807, 2.05) is 36.4 Å². The molecule has 4 heteroatoms. The fourth-order valence-electron chi connectivity index (χ4n) is 1.74. The van der Waals surface area contributed by atoms with E-state index in [-0.39, 0.29) is 0 Å². The second-order valence-electron chi connectivity index (χ2n) is 3.98. The van der Waals surface area contributed by atoms with Crippen LogP contribution in [0.15, 0.2) is 43.0 Å². The minimum absolute atomic E-state index is 0.590. The zero-order valence-electron chi connectivity index (χ0n) is 10.6. The third-order valence-electron chi connectivity index (χ3n) is 2.62. The van der Waals surface area contributed by atoms with Gasteiger partial charge < -0.3 is 5.32 Å². The molecule has 0 saturated heterocycles. The molecule has 2 aromatic rings. The molecule has 0 aliphatic rings. The standard InChI is InChI=1S/C15H15N3S/c1-2-8-19-9-7-17-15-13(11-16)10-12-5-3-4-6-14(12)18-15/h2-6,10H,1,7-9H2,(H,17,18). The maximum atomic E-state index is 9.17. The van der Waals surface area contributed by atoms with Gasteiger partial charge in [-0.05, 0) is 12.1 Å². The molecular weight excluding hydrogens is 254 g/mol. The number of hydrogen-bond donors (Lipinski definition) is 1. The Hall–Kier alpha value is -1.99. The Bertz CT molecular complexity index is 616. The van der Waals surface area contributed by atoms with Crippen LogP contribution in [0.25, 0.3) is 10.9 Å². The second-order valence-corrected chi connectivity index (χ2v) is 5.13. The van der Waals surface area contributed by atoms with Crippen molar-refractivity contribution in [2.24, 2.45) is 0 Å². The minimum Gasteiger partial charge on any atom is -0.368 e. The Morgan fingerprint density at radius 3 is 3.05 bits per heavy atom. The van der Waals surface area contributed by atoms with E-state index in [1.54, 1.807) is 11.8 Å². The van der Waals surface area contributed by atoms with Crippen LogP contribution in [-0.4, -0.2) is 23.0 Å². The topological polar surface area (TPSA) is 48.7 Å². The highest BCUT2D eigenvalue weighted by Crippen LogP contribution is 2.19. The van der Waals surface area contributed by atoms with Crippen LogP contribution < -0.4 is 5.32 Å². The minimum atomic E-state index is 0.590. The van der Waals surface area contributed by atoms with Gasteiger partial charge in [0.25, 0.3) is 0 Å². The summed E-state index contributed by atoms with van der Waals surface area (Å²) in [6.45, 7) is 4.47. The molecule has 1 N–H and O–H groups in total. The number of thioether (sulfide) groups is 1. The first-order valence-corrected chi connectivity index (χ1v) is 7.23. The number of para-hydroxylation sites is 1. The molecule has 0 aliphatic carbocycles. The highest BCUT2D eigenvalue weighted by Gasteiger charge is 2.05. The number of aromatic nitrogens is 1. The second kappa shape index (κ2) is 6.81. The van der Waals surface area contributed by atoms with E-state index in [0.717, 1.165) is 29.0 Å². The van der Waals surface area contributed by atoms with Crippen molar-refractivity contribution < 1.29 is 0 Å². The number of pyridine rings is 1. The van der Waals surface area contributed by atoms with Crippen molar-refractivity contribution in [2.75, 3.05) is 23.4 Å². The quantitative estimate of drug-likeness (QED) is 0.644. The molecule has 0 spiro atoms. The van der Waals surface area contributed by atoms with Gasteiger partial charge in [0.2, 0.25) is 0 Å². The monoisotopic (exact) mass is 269 g/mol. The summed E-state index contributed by atoms with van der Waals surface area (Å²) in [5.41, 5.74) is 1.50. The lowest BCUT2D eigenvalue weighted by Gasteiger charge is -2.08. The lowest BCUT2D eigenvalue weighted by molar-refractivity contribution is 1.18. The first-order chi connectivity index (χ1) is 9.35. The van der Waals surface area contributed by atoms with Gasteiger partial charge >= 0.3 is 0 Å². The number of anilines is 1. The van der Waals surface area contributed by atoms with E-state index in [0.29, 0.717) is 11.4 Å². The maximum Gasteiger partial charge on any atom is 0.144 e. The van der Waals surface area contributed by atoms with E-state index in [9.17, 15) is 5.26 Å². The summed E-state index contributed by atoms with van der Waals surface area (Å²) >= 11 is 1.80.